The van der Waals surface area contributed by atoms with Crippen LogP contribution in [0, 0.1) is 0 Å². The Morgan fingerprint density at radius 1 is 1.29 bits per heavy atom. The van der Waals surface area contributed by atoms with E-state index >= 15 is 0 Å². The van der Waals surface area contributed by atoms with E-state index < -0.39 is 5.54 Å². The van der Waals surface area contributed by atoms with Gasteiger partial charge in [-0.1, -0.05) is 0 Å². The average molecular weight is 241 g/mol. The molecule has 100 valence electrons. The number of piperazine rings is 1. The fraction of sp³-hybridized carbons (Fsp3) is 0.923. The molecule has 0 aliphatic carbocycles. The minimum Gasteiger partial charge on any atom is -0.335 e. The van der Waals surface area contributed by atoms with E-state index in [2.05, 4.69) is 38.2 Å². The van der Waals surface area contributed by atoms with Gasteiger partial charge in [-0.25, -0.2) is 0 Å². The highest BCUT2D eigenvalue weighted by Crippen LogP contribution is 2.24. The zero-order valence-electron chi connectivity index (χ0n) is 12.1. The van der Waals surface area contributed by atoms with E-state index in [0.717, 1.165) is 26.1 Å². The predicted octanol–water partition coefficient (Wildman–Crippen LogP) is 0.927. The zero-order chi connectivity index (χ0) is 13.3. The third-order valence-corrected chi connectivity index (χ3v) is 3.46. The number of carbonyl (C=O) groups is 1. The molecule has 0 radical (unpaired) electrons. The van der Waals surface area contributed by atoms with Crippen LogP contribution < -0.4 is 5.32 Å². The smallest absolute Gasteiger partial charge is 0.242 e. The second-order valence-electron chi connectivity index (χ2n) is 6.40. The van der Waals surface area contributed by atoms with Gasteiger partial charge in [-0.15, -0.1) is 0 Å². The molecule has 0 bridgehead atoms. The van der Waals surface area contributed by atoms with Crippen molar-refractivity contribution in [3.8, 4) is 0 Å². The standard InChI is InChI=1S/C13H27N3O/c1-12(2)10-14-13(3,4)11(17)16(12)9-7-8-15(5)6/h14H,7-10H2,1-6H3. The van der Waals surface area contributed by atoms with Crippen LogP contribution in [0.25, 0.3) is 0 Å². The summed E-state index contributed by atoms with van der Waals surface area (Å²) >= 11 is 0. The first-order valence-electron chi connectivity index (χ1n) is 6.39. The lowest BCUT2D eigenvalue weighted by molar-refractivity contribution is -0.147. The van der Waals surface area contributed by atoms with E-state index in [4.69, 9.17) is 0 Å². The van der Waals surface area contributed by atoms with E-state index in [1.807, 2.05) is 18.7 Å². The van der Waals surface area contributed by atoms with Gasteiger partial charge in [0.25, 0.3) is 0 Å². The Balaban J connectivity index is 2.67. The van der Waals surface area contributed by atoms with Crippen LogP contribution in [0.1, 0.15) is 34.1 Å². The van der Waals surface area contributed by atoms with Crippen molar-refractivity contribution in [3.05, 3.63) is 0 Å². The molecule has 1 rings (SSSR count). The summed E-state index contributed by atoms with van der Waals surface area (Å²) in [6.45, 7) is 10.9. The molecular weight excluding hydrogens is 214 g/mol. The molecule has 0 unspecified atom stereocenters. The van der Waals surface area contributed by atoms with Gasteiger partial charge in [0, 0.05) is 18.6 Å². The highest BCUT2D eigenvalue weighted by molar-refractivity contribution is 5.87. The predicted molar refractivity (Wildman–Crippen MR) is 71.0 cm³/mol. The van der Waals surface area contributed by atoms with E-state index in [9.17, 15) is 4.79 Å². The zero-order valence-corrected chi connectivity index (χ0v) is 12.1. The molecule has 0 aromatic heterocycles. The van der Waals surface area contributed by atoms with E-state index in [-0.39, 0.29) is 11.4 Å². The van der Waals surface area contributed by atoms with Crippen molar-refractivity contribution < 1.29 is 4.79 Å². The summed E-state index contributed by atoms with van der Waals surface area (Å²) < 4.78 is 0. The molecule has 1 heterocycles. The van der Waals surface area contributed by atoms with Crippen LogP contribution in [0.4, 0.5) is 0 Å². The minimum absolute atomic E-state index is 0.0844. The van der Waals surface area contributed by atoms with Gasteiger partial charge in [0.1, 0.15) is 0 Å². The van der Waals surface area contributed by atoms with Crippen molar-refractivity contribution in [2.24, 2.45) is 0 Å². The lowest BCUT2D eigenvalue weighted by atomic mass is 9.90. The summed E-state index contributed by atoms with van der Waals surface area (Å²) in [7, 11) is 4.13. The van der Waals surface area contributed by atoms with E-state index in [0.29, 0.717) is 0 Å². The summed E-state index contributed by atoms with van der Waals surface area (Å²) in [6.07, 6.45) is 1.03. The quantitative estimate of drug-likeness (QED) is 0.795. The van der Waals surface area contributed by atoms with Gasteiger partial charge in [-0.3, -0.25) is 4.79 Å². The second kappa shape index (κ2) is 4.94. The van der Waals surface area contributed by atoms with Crippen LogP contribution in [0.3, 0.4) is 0 Å². The highest BCUT2D eigenvalue weighted by atomic mass is 16.2. The number of nitrogens with zero attached hydrogens (tertiary/aromatic N) is 2. The summed E-state index contributed by atoms with van der Waals surface area (Å²) in [5, 5.41) is 3.33. The van der Waals surface area contributed by atoms with Crippen LogP contribution in [0.5, 0.6) is 0 Å². The van der Waals surface area contributed by atoms with Gasteiger partial charge in [0.15, 0.2) is 0 Å². The first-order chi connectivity index (χ1) is 7.67. The third kappa shape index (κ3) is 3.42. The number of carbonyl (C=O) groups excluding carboxylic acids is 1. The Morgan fingerprint density at radius 3 is 2.41 bits per heavy atom. The van der Waals surface area contributed by atoms with E-state index in [1.54, 1.807) is 0 Å². The Labute approximate surface area is 105 Å². The van der Waals surface area contributed by atoms with Crippen LogP contribution in [-0.2, 0) is 4.79 Å². The first kappa shape index (κ1) is 14.5. The molecular formula is C13H27N3O. The van der Waals surface area contributed by atoms with Gasteiger partial charge >= 0.3 is 0 Å². The van der Waals surface area contributed by atoms with Crippen molar-refractivity contribution in [1.29, 1.82) is 0 Å². The number of hydrogen-bond donors (Lipinski definition) is 1. The molecule has 0 atom stereocenters. The van der Waals surface area contributed by atoms with Crippen molar-refractivity contribution in [2.75, 3.05) is 33.7 Å². The van der Waals surface area contributed by atoms with Crippen molar-refractivity contribution in [2.45, 2.75) is 45.2 Å². The Bertz CT molecular complexity index is 284. The third-order valence-electron chi connectivity index (χ3n) is 3.46. The second-order valence-corrected chi connectivity index (χ2v) is 6.40. The molecule has 1 aliphatic heterocycles. The normalized spacial score (nSPS) is 23.2. The molecule has 1 fully saturated rings. The fourth-order valence-electron chi connectivity index (χ4n) is 2.17. The SMILES string of the molecule is CN(C)CCCN1C(=O)C(C)(C)NCC1(C)C. The molecule has 4 nitrogen and oxygen atoms in total. The number of amides is 1. The highest BCUT2D eigenvalue weighted by Gasteiger charge is 2.43. The monoisotopic (exact) mass is 241 g/mol. The lowest BCUT2D eigenvalue weighted by Gasteiger charge is -2.49. The van der Waals surface area contributed by atoms with Crippen LogP contribution in [0.15, 0.2) is 0 Å². The maximum atomic E-state index is 12.4. The molecule has 1 N–H and O–H groups in total. The largest absolute Gasteiger partial charge is 0.335 e. The Morgan fingerprint density at radius 2 is 1.88 bits per heavy atom. The van der Waals surface area contributed by atoms with Crippen molar-refractivity contribution >= 4 is 5.91 Å². The van der Waals surface area contributed by atoms with Gasteiger partial charge < -0.3 is 15.1 Å². The average Bonchev–Trinajstić information content (AvgIpc) is 2.18. The Hall–Kier alpha value is -0.610. The Kier molecular flexibility index (Phi) is 4.20. The maximum Gasteiger partial charge on any atom is 0.242 e. The first-order valence-corrected chi connectivity index (χ1v) is 6.39. The van der Waals surface area contributed by atoms with E-state index in [1.165, 1.54) is 0 Å². The summed E-state index contributed by atoms with van der Waals surface area (Å²) in [5.74, 6) is 0.215. The summed E-state index contributed by atoms with van der Waals surface area (Å²) in [4.78, 5) is 16.6. The molecule has 0 saturated carbocycles. The fourth-order valence-corrected chi connectivity index (χ4v) is 2.17. The summed E-state index contributed by atoms with van der Waals surface area (Å²) in [5.41, 5.74) is -0.507. The molecule has 4 heteroatoms. The minimum atomic E-state index is -0.423. The number of rotatable bonds is 4. The number of hydrogen-bond acceptors (Lipinski definition) is 3. The molecule has 1 saturated heterocycles. The molecule has 17 heavy (non-hydrogen) atoms. The molecule has 0 spiro atoms. The van der Waals surface area contributed by atoms with Crippen LogP contribution >= 0.6 is 0 Å². The molecule has 1 amide bonds. The van der Waals surface area contributed by atoms with Gasteiger partial charge in [0.2, 0.25) is 5.91 Å². The lowest BCUT2D eigenvalue weighted by Crippen LogP contribution is -2.69. The van der Waals surface area contributed by atoms with Crippen molar-refractivity contribution in [3.63, 3.8) is 0 Å². The van der Waals surface area contributed by atoms with Gasteiger partial charge in [0.05, 0.1) is 5.54 Å². The topological polar surface area (TPSA) is 35.6 Å². The molecule has 1 aliphatic rings. The maximum absolute atomic E-state index is 12.4. The number of nitrogens with one attached hydrogen (secondary N) is 1. The molecule has 0 aromatic carbocycles. The summed E-state index contributed by atoms with van der Waals surface area (Å²) in [6, 6.07) is 0. The van der Waals surface area contributed by atoms with Crippen molar-refractivity contribution in [1.82, 2.24) is 15.1 Å². The van der Waals surface area contributed by atoms with Gasteiger partial charge in [-0.2, -0.15) is 0 Å². The van der Waals surface area contributed by atoms with Crippen LogP contribution in [-0.4, -0.2) is 60.5 Å². The van der Waals surface area contributed by atoms with Gasteiger partial charge in [-0.05, 0) is 54.8 Å². The molecule has 0 aromatic rings. The van der Waals surface area contributed by atoms with Crippen LogP contribution in [0.2, 0.25) is 0 Å².